The molecule has 2 rings (SSSR count). The number of nitrogens with zero attached hydrogens (tertiary/aromatic N) is 2. The van der Waals surface area contributed by atoms with Crippen molar-refractivity contribution in [2.75, 3.05) is 12.8 Å². The minimum atomic E-state index is -0.556. The Kier molecular flexibility index (Phi) is 4.57. The van der Waals surface area contributed by atoms with E-state index in [4.69, 9.17) is 22.7 Å². The molecule has 0 spiro atoms. The van der Waals surface area contributed by atoms with Crippen molar-refractivity contribution in [3.63, 3.8) is 0 Å². The van der Waals surface area contributed by atoms with Crippen LogP contribution in [0, 0.1) is 10.7 Å². The standard InChI is InChI=1S/C15H19N3O2S/c1-9(2)8-12(14(19)20-3)18-13(16)10-6-4-5-7-11(10)17-15(18)21/h4-7,9,12H,8,16H2,1-3H3. The predicted octanol–water partition coefficient (Wildman–Crippen LogP) is 3.11. The third-order valence-corrected chi connectivity index (χ3v) is 3.63. The quantitative estimate of drug-likeness (QED) is 0.694. The molecule has 0 aliphatic rings. The maximum atomic E-state index is 12.1. The molecule has 2 N–H and O–H groups in total. The van der Waals surface area contributed by atoms with Crippen LogP contribution in [0.4, 0.5) is 5.82 Å². The van der Waals surface area contributed by atoms with E-state index in [0.717, 1.165) is 10.9 Å². The van der Waals surface area contributed by atoms with Gasteiger partial charge < -0.3 is 10.5 Å². The van der Waals surface area contributed by atoms with Gasteiger partial charge in [-0.2, -0.15) is 0 Å². The van der Waals surface area contributed by atoms with Crippen molar-refractivity contribution < 1.29 is 9.53 Å². The zero-order valence-electron chi connectivity index (χ0n) is 12.4. The average molecular weight is 305 g/mol. The molecule has 0 bridgehead atoms. The summed E-state index contributed by atoms with van der Waals surface area (Å²) in [5.74, 6) is 0.382. The molecule has 1 atom stereocenters. The summed E-state index contributed by atoms with van der Waals surface area (Å²) in [6.45, 7) is 4.06. The first-order chi connectivity index (χ1) is 9.95. The Morgan fingerprint density at radius 3 is 2.71 bits per heavy atom. The number of carbonyl (C=O) groups excluding carboxylic acids is 1. The van der Waals surface area contributed by atoms with Gasteiger partial charge in [0.2, 0.25) is 4.77 Å². The number of benzene rings is 1. The van der Waals surface area contributed by atoms with E-state index in [0.29, 0.717) is 22.9 Å². The smallest absolute Gasteiger partial charge is 0.329 e. The molecule has 0 amide bonds. The monoisotopic (exact) mass is 305 g/mol. The average Bonchev–Trinajstić information content (AvgIpc) is 2.45. The van der Waals surface area contributed by atoms with E-state index in [1.165, 1.54) is 7.11 Å². The number of anilines is 1. The Morgan fingerprint density at radius 2 is 2.10 bits per heavy atom. The van der Waals surface area contributed by atoms with Crippen molar-refractivity contribution in [1.29, 1.82) is 0 Å². The predicted molar refractivity (Wildman–Crippen MR) is 85.5 cm³/mol. The van der Waals surface area contributed by atoms with Gasteiger partial charge in [0.1, 0.15) is 11.9 Å². The van der Waals surface area contributed by atoms with E-state index >= 15 is 0 Å². The van der Waals surface area contributed by atoms with Gasteiger partial charge in [-0.25, -0.2) is 9.78 Å². The van der Waals surface area contributed by atoms with Crippen molar-refractivity contribution in [1.82, 2.24) is 9.55 Å². The van der Waals surface area contributed by atoms with E-state index in [1.807, 2.05) is 38.1 Å². The number of methoxy groups -OCH3 is 1. The largest absolute Gasteiger partial charge is 0.467 e. The first-order valence-electron chi connectivity index (χ1n) is 6.80. The summed E-state index contributed by atoms with van der Waals surface area (Å²) in [6, 6.07) is 6.91. The van der Waals surface area contributed by atoms with Crippen molar-refractivity contribution in [3.05, 3.63) is 29.0 Å². The van der Waals surface area contributed by atoms with Gasteiger partial charge in [-0.05, 0) is 36.7 Å². The number of nitrogens with two attached hydrogens (primary N) is 1. The molecule has 5 nitrogen and oxygen atoms in total. The number of hydrogen-bond acceptors (Lipinski definition) is 5. The topological polar surface area (TPSA) is 70.1 Å². The highest BCUT2D eigenvalue weighted by Gasteiger charge is 2.25. The molecule has 1 unspecified atom stereocenters. The number of nitrogen functional groups attached to an aromatic ring is 1. The van der Waals surface area contributed by atoms with E-state index in [9.17, 15) is 4.79 Å². The molecule has 0 saturated carbocycles. The maximum absolute atomic E-state index is 12.1. The van der Waals surface area contributed by atoms with Crippen LogP contribution < -0.4 is 5.73 Å². The molecular weight excluding hydrogens is 286 g/mol. The molecule has 112 valence electrons. The van der Waals surface area contributed by atoms with Crippen LogP contribution >= 0.6 is 12.2 Å². The summed E-state index contributed by atoms with van der Waals surface area (Å²) < 4.78 is 6.79. The first kappa shape index (κ1) is 15.4. The van der Waals surface area contributed by atoms with Gasteiger partial charge in [0, 0.05) is 5.39 Å². The lowest BCUT2D eigenvalue weighted by atomic mass is 10.0. The van der Waals surface area contributed by atoms with E-state index in [2.05, 4.69) is 4.98 Å². The summed E-state index contributed by atoms with van der Waals surface area (Å²) in [7, 11) is 1.37. The molecule has 0 radical (unpaired) electrons. The Labute approximate surface area is 128 Å². The van der Waals surface area contributed by atoms with Crippen LogP contribution in [0.5, 0.6) is 0 Å². The lowest BCUT2D eigenvalue weighted by molar-refractivity contribution is -0.145. The number of ether oxygens (including phenoxy) is 1. The fraction of sp³-hybridized carbons (Fsp3) is 0.400. The van der Waals surface area contributed by atoms with E-state index in [-0.39, 0.29) is 5.97 Å². The second kappa shape index (κ2) is 6.22. The molecule has 2 aromatic rings. The highest BCUT2D eigenvalue weighted by Crippen LogP contribution is 2.27. The lowest BCUT2D eigenvalue weighted by Gasteiger charge is -2.22. The van der Waals surface area contributed by atoms with E-state index in [1.54, 1.807) is 4.57 Å². The summed E-state index contributed by atoms with van der Waals surface area (Å²) in [4.78, 5) is 16.5. The van der Waals surface area contributed by atoms with Gasteiger partial charge in [-0.15, -0.1) is 0 Å². The third kappa shape index (κ3) is 3.05. The van der Waals surface area contributed by atoms with Crippen LogP contribution in [0.1, 0.15) is 26.3 Å². The number of carbonyl (C=O) groups is 1. The third-order valence-electron chi connectivity index (χ3n) is 3.34. The first-order valence-corrected chi connectivity index (χ1v) is 7.21. The normalized spacial score (nSPS) is 12.6. The highest BCUT2D eigenvalue weighted by atomic mass is 32.1. The zero-order valence-corrected chi connectivity index (χ0v) is 13.2. The number of esters is 1. The van der Waals surface area contributed by atoms with Crippen LogP contribution in [0.15, 0.2) is 24.3 Å². The van der Waals surface area contributed by atoms with Gasteiger partial charge in [0.15, 0.2) is 0 Å². The second-order valence-electron chi connectivity index (χ2n) is 5.34. The number of fused-ring (bicyclic) bond motifs is 1. The summed E-state index contributed by atoms with van der Waals surface area (Å²) in [6.07, 6.45) is 0.588. The minimum absolute atomic E-state index is 0.293. The van der Waals surface area contributed by atoms with Crippen LogP contribution in [0.2, 0.25) is 0 Å². The molecule has 0 aliphatic carbocycles. The van der Waals surface area contributed by atoms with Crippen LogP contribution in [-0.2, 0) is 9.53 Å². The summed E-state index contributed by atoms with van der Waals surface area (Å²) >= 11 is 5.33. The minimum Gasteiger partial charge on any atom is -0.467 e. The fourth-order valence-electron chi connectivity index (χ4n) is 2.37. The van der Waals surface area contributed by atoms with Crippen molar-refractivity contribution >= 4 is 34.9 Å². The zero-order chi connectivity index (χ0) is 15.6. The molecular formula is C15H19N3O2S. The van der Waals surface area contributed by atoms with Gasteiger partial charge in [0.05, 0.1) is 12.6 Å². The van der Waals surface area contributed by atoms with Crippen molar-refractivity contribution in [3.8, 4) is 0 Å². The van der Waals surface area contributed by atoms with E-state index < -0.39 is 6.04 Å². The molecule has 1 aromatic carbocycles. The fourth-order valence-corrected chi connectivity index (χ4v) is 2.69. The van der Waals surface area contributed by atoms with Gasteiger partial charge in [-0.1, -0.05) is 26.0 Å². The van der Waals surface area contributed by atoms with Gasteiger partial charge >= 0.3 is 5.97 Å². The number of para-hydroxylation sites is 1. The number of aromatic nitrogens is 2. The Bertz CT molecular complexity index is 724. The lowest BCUT2D eigenvalue weighted by Crippen LogP contribution is -2.26. The van der Waals surface area contributed by atoms with Crippen LogP contribution in [0.25, 0.3) is 10.9 Å². The maximum Gasteiger partial charge on any atom is 0.329 e. The second-order valence-corrected chi connectivity index (χ2v) is 5.70. The number of hydrogen-bond donors (Lipinski definition) is 1. The van der Waals surface area contributed by atoms with Crippen molar-refractivity contribution in [2.45, 2.75) is 26.3 Å². The van der Waals surface area contributed by atoms with Crippen molar-refractivity contribution in [2.24, 2.45) is 5.92 Å². The van der Waals surface area contributed by atoms with Crippen LogP contribution in [-0.4, -0.2) is 22.6 Å². The Hall–Kier alpha value is -1.95. The van der Waals surface area contributed by atoms with Crippen LogP contribution in [0.3, 0.4) is 0 Å². The molecule has 1 aromatic heterocycles. The molecule has 0 aliphatic heterocycles. The molecule has 21 heavy (non-hydrogen) atoms. The molecule has 0 saturated heterocycles. The van der Waals surface area contributed by atoms with Gasteiger partial charge in [-0.3, -0.25) is 4.57 Å². The SMILES string of the molecule is COC(=O)C(CC(C)C)n1c(N)c2ccccc2nc1=S. The summed E-state index contributed by atoms with van der Waals surface area (Å²) in [5.41, 5.74) is 6.96. The molecule has 1 heterocycles. The number of rotatable bonds is 4. The highest BCUT2D eigenvalue weighted by molar-refractivity contribution is 7.71. The Balaban J connectivity index is 2.67. The molecule has 6 heteroatoms. The molecule has 0 fully saturated rings. The summed E-state index contributed by atoms with van der Waals surface area (Å²) in [5, 5.41) is 0.781. The van der Waals surface area contributed by atoms with Gasteiger partial charge in [0.25, 0.3) is 0 Å². The Morgan fingerprint density at radius 1 is 1.43 bits per heavy atom.